The first-order valence-electron chi connectivity index (χ1n) is 5.96. The third-order valence-corrected chi connectivity index (χ3v) is 2.52. The van der Waals surface area contributed by atoms with Crippen LogP contribution in [0.25, 0.3) is 6.08 Å². The van der Waals surface area contributed by atoms with Crippen molar-refractivity contribution in [3.8, 4) is 0 Å². The summed E-state index contributed by atoms with van der Waals surface area (Å²) >= 11 is 0. The molecule has 0 aliphatic carbocycles. The molecule has 1 N–H and O–H groups in total. The number of halogens is 3. The molecule has 0 bridgehead atoms. The van der Waals surface area contributed by atoms with Gasteiger partial charge in [-0.25, -0.2) is 9.78 Å². The molecule has 0 spiro atoms. The van der Waals surface area contributed by atoms with Gasteiger partial charge >= 0.3 is 12.1 Å². The Bertz CT molecular complexity index is 513. The van der Waals surface area contributed by atoms with Crippen LogP contribution in [0.4, 0.5) is 19.0 Å². The molecule has 4 nitrogen and oxygen atoms in total. The molecule has 7 heteroatoms. The van der Waals surface area contributed by atoms with Crippen molar-refractivity contribution in [2.45, 2.75) is 19.5 Å². The largest absolute Gasteiger partial charge is 0.478 e. The number of rotatable bonds is 5. The second kappa shape index (κ2) is 6.40. The van der Waals surface area contributed by atoms with Gasteiger partial charge in [0.15, 0.2) is 0 Å². The smallest absolute Gasteiger partial charge is 0.433 e. The number of carboxylic acids is 1. The van der Waals surface area contributed by atoms with Gasteiger partial charge in [0, 0.05) is 25.2 Å². The molecule has 20 heavy (non-hydrogen) atoms. The summed E-state index contributed by atoms with van der Waals surface area (Å²) in [6.07, 6.45) is -1.70. The average Bonchev–Trinajstić information content (AvgIpc) is 2.35. The molecule has 1 aromatic rings. The van der Waals surface area contributed by atoms with Crippen LogP contribution in [-0.4, -0.2) is 29.7 Å². The Hall–Kier alpha value is -2.05. The standard InChI is InChI=1S/C13H15F3N2O2/c1-3-8-18(2)12-9(5-7-11(19)20)4-6-10(17-12)13(14,15)16/h4-7H,3,8H2,1-2H3,(H,19,20). The fourth-order valence-electron chi connectivity index (χ4n) is 1.66. The van der Waals surface area contributed by atoms with E-state index in [0.29, 0.717) is 12.1 Å². The van der Waals surface area contributed by atoms with Crippen molar-refractivity contribution in [1.82, 2.24) is 4.98 Å². The molecule has 0 atom stereocenters. The van der Waals surface area contributed by atoms with Crippen LogP contribution in [0.5, 0.6) is 0 Å². The highest BCUT2D eigenvalue weighted by Gasteiger charge is 2.33. The molecule has 1 rings (SSSR count). The van der Waals surface area contributed by atoms with Crippen LogP contribution >= 0.6 is 0 Å². The number of carboxylic acid groups (broad SMARTS) is 1. The van der Waals surface area contributed by atoms with Gasteiger partial charge in [0.05, 0.1) is 0 Å². The Morgan fingerprint density at radius 1 is 1.45 bits per heavy atom. The number of aliphatic carboxylic acids is 1. The SMILES string of the molecule is CCCN(C)c1nc(C(F)(F)F)ccc1C=CC(=O)O. The van der Waals surface area contributed by atoms with E-state index in [1.54, 1.807) is 11.9 Å². The fraction of sp³-hybridized carbons (Fsp3) is 0.385. The lowest BCUT2D eigenvalue weighted by Crippen LogP contribution is -2.22. The number of hydrogen-bond acceptors (Lipinski definition) is 3. The highest BCUT2D eigenvalue weighted by atomic mass is 19.4. The van der Waals surface area contributed by atoms with Gasteiger partial charge in [-0.1, -0.05) is 6.92 Å². The molecule has 0 aliphatic heterocycles. The van der Waals surface area contributed by atoms with Gasteiger partial charge in [-0.15, -0.1) is 0 Å². The molecular weight excluding hydrogens is 273 g/mol. The quantitative estimate of drug-likeness (QED) is 0.846. The first kappa shape index (κ1) is 16.0. The van der Waals surface area contributed by atoms with Gasteiger partial charge in [-0.05, 0) is 24.6 Å². The summed E-state index contributed by atoms with van der Waals surface area (Å²) in [5.41, 5.74) is -0.667. The van der Waals surface area contributed by atoms with Crippen LogP contribution in [0.15, 0.2) is 18.2 Å². The Balaban J connectivity index is 3.26. The second-order valence-electron chi connectivity index (χ2n) is 4.20. The maximum absolute atomic E-state index is 12.7. The molecular formula is C13H15F3N2O2. The molecule has 0 aliphatic rings. The summed E-state index contributed by atoms with van der Waals surface area (Å²) in [7, 11) is 1.62. The van der Waals surface area contributed by atoms with Crippen molar-refractivity contribution >= 4 is 17.9 Å². The molecule has 0 saturated heterocycles. The minimum atomic E-state index is -4.53. The Morgan fingerprint density at radius 3 is 2.60 bits per heavy atom. The van der Waals surface area contributed by atoms with Crippen molar-refractivity contribution in [1.29, 1.82) is 0 Å². The van der Waals surface area contributed by atoms with Crippen molar-refractivity contribution in [2.75, 3.05) is 18.5 Å². The number of alkyl halides is 3. The minimum absolute atomic E-state index is 0.110. The van der Waals surface area contributed by atoms with E-state index in [-0.39, 0.29) is 5.82 Å². The second-order valence-corrected chi connectivity index (χ2v) is 4.20. The topological polar surface area (TPSA) is 53.4 Å². The number of nitrogens with zero attached hydrogens (tertiary/aromatic N) is 2. The zero-order valence-electron chi connectivity index (χ0n) is 11.1. The third-order valence-electron chi connectivity index (χ3n) is 2.52. The van der Waals surface area contributed by atoms with E-state index in [2.05, 4.69) is 4.98 Å². The predicted octanol–water partition coefficient (Wildman–Crippen LogP) is 3.04. The lowest BCUT2D eigenvalue weighted by atomic mass is 10.2. The Labute approximate surface area is 114 Å². The fourth-order valence-corrected chi connectivity index (χ4v) is 1.66. The van der Waals surface area contributed by atoms with Gasteiger partial charge in [0.2, 0.25) is 0 Å². The average molecular weight is 288 g/mol. The number of hydrogen-bond donors (Lipinski definition) is 1. The molecule has 0 saturated carbocycles. The van der Waals surface area contributed by atoms with E-state index in [1.807, 2.05) is 6.92 Å². The monoisotopic (exact) mass is 288 g/mol. The van der Waals surface area contributed by atoms with Crippen molar-refractivity contribution < 1.29 is 23.1 Å². The number of pyridine rings is 1. The lowest BCUT2D eigenvalue weighted by molar-refractivity contribution is -0.141. The van der Waals surface area contributed by atoms with Crippen LogP contribution in [0, 0.1) is 0 Å². The molecule has 0 fully saturated rings. The maximum atomic E-state index is 12.7. The molecule has 0 aromatic carbocycles. The van der Waals surface area contributed by atoms with Crippen LogP contribution in [-0.2, 0) is 11.0 Å². The first-order chi connectivity index (χ1) is 9.25. The molecule has 0 unspecified atom stereocenters. The van der Waals surface area contributed by atoms with E-state index < -0.39 is 17.8 Å². The Morgan fingerprint density at radius 2 is 2.10 bits per heavy atom. The van der Waals surface area contributed by atoms with Gasteiger partial charge in [0.1, 0.15) is 11.5 Å². The van der Waals surface area contributed by atoms with Gasteiger partial charge in [-0.2, -0.15) is 13.2 Å². The van der Waals surface area contributed by atoms with E-state index in [1.165, 1.54) is 12.1 Å². The first-order valence-corrected chi connectivity index (χ1v) is 5.96. The summed E-state index contributed by atoms with van der Waals surface area (Å²) in [4.78, 5) is 15.7. The number of carbonyl (C=O) groups is 1. The zero-order valence-corrected chi connectivity index (χ0v) is 11.1. The molecule has 1 heterocycles. The van der Waals surface area contributed by atoms with E-state index in [9.17, 15) is 18.0 Å². The highest BCUT2D eigenvalue weighted by molar-refractivity contribution is 5.86. The van der Waals surface area contributed by atoms with Gasteiger partial charge < -0.3 is 10.0 Å². The van der Waals surface area contributed by atoms with Crippen molar-refractivity contribution in [3.63, 3.8) is 0 Å². The molecule has 1 aromatic heterocycles. The lowest BCUT2D eigenvalue weighted by Gasteiger charge is -2.20. The number of aromatic nitrogens is 1. The Kier molecular flexibility index (Phi) is 5.12. The van der Waals surface area contributed by atoms with Gasteiger partial charge in [-0.3, -0.25) is 0 Å². The van der Waals surface area contributed by atoms with Crippen molar-refractivity contribution in [2.24, 2.45) is 0 Å². The third kappa shape index (κ3) is 4.25. The van der Waals surface area contributed by atoms with Gasteiger partial charge in [0.25, 0.3) is 0 Å². The maximum Gasteiger partial charge on any atom is 0.433 e. The van der Waals surface area contributed by atoms with Crippen LogP contribution in [0.1, 0.15) is 24.6 Å². The summed E-state index contributed by atoms with van der Waals surface area (Å²) in [6, 6.07) is 2.06. The summed E-state index contributed by atoms with van der Waals surface area (Å²) < 4.78 is 38.0. The van der Waals surface area contributed by atoms with E-state index in [0.717, 1.165) is 18.6 Å². The van der Waals surface area contributed by atoms with Crippen molar-refractivity contribution in [3.05, 3.63) is 29.5 Å². The van der Waals surface area contributed by atoms with Crippen LogP contribution in [0.3, 0.4) is 0 Å². The molecule has 0 radical (unpaired) electrons. The zero-order chi connectivity index (χ0) is 15.3. The minimum Gasteiger partial charge on any atom is -0.478 e. The molecule has 110 valence electrons. The molecule has 0 amide bonds. The van der Waals surface area contributed by atoms with E-state index >= 15 is 0 Å². The summed E-state index contributed by atoms with van der Waals surface area (Å²) in [5, 5.41) is 8.59. The summed E-state index contributed by atoms with van der Waals surface area (Å²) in [6.45, 7) is 2.40. The number of anilines is 1. The van der Waals surface area contributed by atoms with Crippen LogP contribution < -0.4 is 4.90 Å². The summed E-state index contributed by atoms with van der Waals surface area (Å²) in [5.74, 6) is -1.06. The van der Waals surface area contributed by atoms with E-state index in [4.69, 9.17) is 5.11 Å². The normalized spacial score (nSPS) is 11.8. The highest BCUT2D eigenvalue weighted by Crippen LogP contribution is 2.30. The predicted molar refractivity (Wildman–Crippen MR) is 69.5 cm³/mol. The van der Waals surface area contributed by atoms with Crippen LogP contribution in [0.2, 0.25) is 0 Å².